The highest BCUT2D eigenvalue weighted by Crippen LogP contribution is 2.39. The Labute approximate surface area is 132 Å². The van der Waals surface area contributed by atoms with Gasteiger partial charge in [-0.25, -0.2) is 4.39 Å². The Morgan fingerprint density at radius 2 is 1.90 bits per heavy atom. The van der Waals surface area contributed by atoms with Crippen molar-refractivity contribution in [1.29, 1.82) is 0 Å². The molecular weight excluding hydrogens is 337 g/mol. The van der Waals surface area contributed by atoms with Crippen LogP contribution in [0.3, 0.4) is 0 Å². The highest BCUT2D eigenvalue weighted by Gasteiger charge is 2.47. The molecule has 1 saturated carbocycles. The fourth-order valence-corrected chi connectivity index (χ4v) is 3.92. The Kier molecular flexibility index (Phi) is 4.43. The SMILES string of the molecule is O=C(c1cc(Br)ccc1F)C1(N2CCOCC2)CCCC1. The summed E-state index contributed by atoms with van der Waals surface area (Å²) in [6.07, 6.45) is 3.69. The molecule has 1 heterocycles. The van der Waals surface area contributed by atoms with Crippen LogP contribution in [-0.2, 0) is 4.74 Å². The Hall–Kier alpha value is -0.780. The molecule has 0 aromatic heterocycles. The van der Waals surface area contributed by atoms with Crippen LogP contribution < -0.4 is 0 Å². The fourth-order valence-electron chi connectivity index (χ4n) is 3.56. The van der Waals surface area contributed by atoms with Crippen LogP contribution in [0.4, 0.5) is 4.39 Å². The Bertz CT molecular complexity index is 537. The molecule has 2 aliphatic rings. The molecule has 0 spiro atoms. The zero-order chi connectivity index (χ0) is 14.9. The van der Waals surface area contributed by atoms with Crippen molar-refractivity contribution in [3.63, 3.8) is 0 Å². The van der Waals surface area contributed by atoms with Crippen molar-refractivity contribution in [2.24, 2.45) is 0 Å². The van der Waals surface area contributed by atoms with Crippen molar-refractivity contribution in [1.82, 2.24) is 4.90 Å². The summed E-state index contributed by atoms with van der Waals surface area (Å²) < 4.78 is 20.3. The van der Waals surface area contributed by atoms with Gasteiger partial charge in [0.05, 0.1) is 24.3 Å². The van der Waals surface area contributed by atoms with Crippen molar-refractivity contribution in [2.75, 3.05) is 26.3 Å². The van der Waals surface area contributed by atoms with Crippen molar-refractivity contribution in [3.05, 3.63) is 34.1 Å². The van der Waals surface area contributed by atoms with E-state index in [1.54, 1.807) is 12.1 Å². The first-order chi connectivity index (χ1) is 10.1. The molecule has 3 nitrogen and oxygen atoms in total. The van der Waals surface area contributed by atoms with Crippen LogP contribution in [0, 0.1) is 5.82 Å². The van der Waals surface area contributed by atoms with Crippen molar-refractivity contribution in [2.45, 2.75) is 31.2 Å². The number of nitrogens with zero attached hydrogens (tertiary/aromatic N) is 1. The van der Waals surface area contributed by atoms with Gasteiger partial charge in [-0.2, -0.15) is 0 Å². The minimum Gasteiger partial charge on any atom is -0.379 e. The molecule has 1 aromatic carbocycles. The standard InChI is InChI=1S/C16H19BrFNO2/c17-12-3-4-14(18)13(11-12)15(20)16(5-1-2-6-16)19-7-9-21-10-8-19/h3-4,11H,1-2,5-10H2. The van der Waals surface area contributed by atoms with Gasteiger partial charge in [-0.15, -0.1) is 0 Å². The lowest BCUT2D eigenvalue weighted by molar-refractivity contribution is -0.0131. The molecule has 1 saturated heterocycles. The minimum atomic E-state index is -0.536. The van der Waals surface area contributed by atoms with Crippen LogP contribution in [0.1, 0.15) is 36.0 Å². The first kappa shape index (κ1) is 15.1. The van der Waals surface area contributed by atoms with Gasteiger partial charge in [0.2, 0.25) is 0 Å². The van der Waals surface area contributed by atoms with Gasteiger partial charge in [-0.1, -0.05) is 28.8 Å². The van der Waals surface area contributed by atoms with Crippen LogP contribution in [0.15, 0.2) is 22.7 Å². The summed E-state index contributed by atoms with van der Waals surface area (Å²) in [6, 6.07) is 4.60. The molecule has 0 radical (unpaired) electrons. The summed E-state index contributed by atoms with van der Waals surface area (Å²) in [5.74, 6) is -0.497. The van der Waals surface area contributed by atoms with Gasteiger partial charge in [-0.05, 0) is 31.0 Å². The molecule has 3 rings (SSSR count). The van der Waals surface area contributed by atoms with E-state index in [0.29, 0.717) is 13.2 Å². The Morgan fingerprint density at radius 3 is 2.57 bits per heavy atom. The first-order valence-corrected chi connectivity index (χ1v) is 8.25. The van der Waals surface area contributed by atoms with Crippen LogP contribution in [0.5, 0.6) is 0 Å². The van der Waals surface area contributed by atoms with Crippen LogP contribution in [-0.4, -0.2) is 42.5 Å². The van der Waals surface area contributed by atoms with Gasteiger partial charge in [0, 0.05) is 17.6 Å². The van der Waals surface area contributed by atoms with E-state index in [9.17, 15) is 9.18 Å². The normalized spacial score (nSPS) is 22.4. The van der Waals surface area contributed by atoms with Crippen LogP contribution in [0.2, 0.25) is 0 Å². The average Bonchev–Trinajstić information content (AvgIpc) is 3.01. The predicted octanol–water partition coefficient (Wildman–Crippen LogP) is 3.42. The third-order valence-corrected chi connectivity index (χ3v) is 5.14. The molecule has 21 heavy (non-hydrogen) atoms. The highest BCUT2D eigenvalue weighted by atomic mass is 79.9. The Morgan fingerprint density at radius 1 is 1.24 bits per heavy atom. The van der Waals surface area contributed by atoms with E-state index in [0.717, 1.165) is 43.2 Å². The number of Topliss-reactive ketones (excluding diaryl/α,β-unsaturated/α-hetero) is 1. The zero-order valence-electron chi connectivity index (χ0n) is 11.9. The maximum atomic E-state index is 14.1. The third-order valence-electron chi connectivity index (χ3n) is 4.64. The van der Waals surface area contributed by atoms with Crippen LogP contribution in [0.25, 0.3) is 0 Å². The van der Waals surface area contributed by atoms with Crippen molar-refractivity contribution < 1.29 is 13.9 Å². The number of ether oxygens (including phenoxy) is 1. The number of rotatable bonds is 3. The van der Waals surface area contributed by atoms with Gasteiger partial charge in [0.1, 0.15) is 5.82 Å². The number of carbonyl (C=O) groups is 1. The van der Waals surface area contributed by atoms with Gasteiger partial charge < -0.3 is 4.74 Å². The molecule has 114 valence electrons. The summed E-state index contributed by atoms with van der Waals surface area (Å²) >= 11 is 3.33. The van der Waals surface area contributed by atoms with E-state index in [2.05, 4.69) is 20.8 Å². The molecule has 1 aliphatic heterocycles. The number of hydrogen-bond acceptors (Lipinski definition) is 3. The highest BCUT2D eigenvalue weighted by molar-refractivity contribution is 9.10. The summed E-state index contributed by atoms with van der Waals surface area (Å²) in [6.45, 7) is 2.80. The quantitative estimate of drug-likeness (QED) is 0.778. The van der Waals surface area contributed by atoms with E-state index >= 15 is 0 Å². The maximum absolute atomic E-state index is 14.1. The summed E-state index contributed by atoms with van der Waals surface area (Å²) in [7, 11) is 0. The minimum absolute atomic E-state index is 0.0688. The molecule has 1 aromatic rings. The molecule has 5 heteroatoms. The zero-order valence-corrected chi connectivity index (χ0v) is 13.5. The Balaban J connectivity index is 1.96. The van der Waals surface area contributed by atoms with Gasteiger partial charge in [0.25, 0.3) is 0 Å². The van der Waals surface area contributed by atoms with E-state index in [1.165, 1.54) is 6.07 Å². The molecule has 0 bridgehead atoms. The smallest absolute Gasteiger partial charge is 0.186 e. The third kappa shape index (κ3) is 2.79. The number of hydrogen-bond donors (Lipinski definition) is 0. The number of benzene rings is 1. The molecule has 0 N–H and O–H groups in total. The molecule has 0 unspecified atom stereocenters. The molecule has 2 fully saturated rings. The number of carbonyl (C=O) groups excluding carboxylic acids is 1. The number of morpholine rings is 1. The molecule has 0 amide bonds. The topological polar surface area (TPSA) is 29.5 Å². The molecule has 1 aliphatic carbocycles. The second-order valence-corrected chi connectivity index (χ2v) is 6.71. The lowest BCUT2D eigenvalue weighted by Crippen LogP contribution is -2.56. The fraction of sp³-hybridized carbons (Fsp3) is 0.562. The maximum Gasteiger partial charge on any atom is 0.186 e. The van der Waals surface area contributed by atoms with E-state index in [4.69, 9.17) is 4.74 Å². The lowest BCUT2D eigenvalue weighted by Gasteiger charge is -2.42. The average molecular weight is 356 g/mol. The van der Waals surface area contributed by atoms with Crippen molar-refractivity contribution in [3.8, 4) is 0 Å². The van der Waals surface area contributed by atoms with Crippen LogP contribution >= 0.6 is 15.9 Å². The lowest BCUT2D eigenvalue weighted by atomic mass is 9.85. The second-order valence-electron chi connectivity index (χ2n) is 5.79. The number of halogens is 2. The summed E-state index contributed by atoms with van der Waals surface area (Å²) in [5.41, 5.74) is -0.330. The summed E-state index contributed by atoms with van der Waals surface area (Å²) in [4.78, 5) is 15.3. The van der Waals surface area contributed by atoms with Crippen molar-refractivity contribution >= 4 is 21.7 Å². The number of ketones is 1. The summed E-state index contributed by atoms with van der Waals surface area (Å²) in [5, 5.41) is 0. The van der Waals surface area contributed by atoms with E-state index < -0.39 is 11.4 Å². The predicted molar refractivity (Wildman–Crippen MR) is 82.0 cm³/mol. The first-order valence-electron chi connectivity index (χ1n) is 7.46. The van der Waals surface area contributed by atoms with E-state index in [-0.39, 0.29) is 11.3 Å². The molecule has 0 atom stereocenters. The monoisotopic (exact) mass is 355 g/mol. The van der Waals surface area contributed by atoms with Gasteiger partial charge in [-0.3, -0.25) is 9.69 Å². The van der Waals surface area contributed by atoms with Gasteiger partial charge in [0.15, 0.2) is 5.78 Å². The second kappa shape index (κ2) is 6.15. The molecular formula is C16H19BrFNO2. The van der Waals surface area contributed by atoms with E-state index in [1.807, 2.05) is 0 Å². The van der Waals surface area contributed by atoms with Gasteiger partial charge >= 0.3 is 0 Å². The largest absolute Gasteiger partial charge is 0.379 e.